The van der Waals surface area contributed by atoms with Crippen LogP contribution in [0.2, 0.25) is 0 Å². The summed E-state index contributed by atoms with van der Waals surface area (Å²) in [5.74, 6) is -3.58. The topological polar surface area (TPSA) is 145 Å². The Morgan fingerprint density at radius 2 is 1.66 bits per heavy atom. The van der Waals surface area contributed by atoms with Gasteiger partial charge in [-0.05, 0) is 31.6 Å². The number of hydrogen-bond acceptors (Lipinski definition) is 7. The molecule has 0 bridgehead atoms. The largest absolute Gasteiger partial charge is 0.452 e. The molecule has 6 atom stereocenters. The average molecular weight is 578 g/mol. The Morgan fingerprint density at radius 1 is 1.00 bits per heavy atom. The van der Waals surface area contributed by atoms with Crippen LogP contribution in [0.5, 0.6) is 0 Å². The van der Waals surface area contributed by atoms with Crippen LogP contribution in [-0.4, -0.2) is 108 Å². The second-order valence-electron chi connectivity index (χ2n) is 11.4. The number of carbonyl (C=O) groups is 6. The van der Waals surface area contributed by atoms with Crippen molar-refractivity contribution in [3.63, 3.8) is 0 Å². The number of likely N-dealkylation sites (N-methyl/N-ethyl adjacent to an activating group) is 2. The van der Waals surface area contributed by atoms with E-state index in [2.05, 4.69) is 17.2 Å². The van der Waals surface area contributed by atoms with Gasteiger partial charge in [0.1, 0.15) is 24.2 Å². The molecule has 12 heteroatoms. The predicted octanol–water partition coefficient (Wildman–Crippen LogP) is 0.846. The maximum atomic E-state index is 13.9. The molecule has 12 nitrogen and oxygen atoms in total. The van der Waals surface area contributed by atoms with Crippen LogP contribution in [-0.2, 0) is 33.5 Å². The van der Waals surface area contributed by atoms with Gasteiger partial charge in [0.15, 0.2) is 6.10 Å². The first kappa shape index (κ1) is 33.8. The fourth-order valence-corrected chi connectivity index (χ4v) is 5.25. The molecule has 2 saturated heterocycles. The smallest absolute Gasteiger partial charge is 0.308 e. The Kier molecular flexibility index (Phi) is 12.3. The summed E-state index contributed by atoms with van der Waals surface area (Å²) in [5, 5.41) is 5.51. The molecule has 2 fully saturated rings. The number of nitrogens with zero attached hydrogens (tertiary/aromatic N) is 3. The molecular formula is C29H47N5O7. The zero-order valence-electron chi connectivity index (χ0n) is 25.5. The number of nitrogens with one attached hydrogen (secondary N) is 2. The predicted molar refractivity (Wildman–Crippen MR) is 152 cm³/mol. The molecule has 2 heterocycles. The van der Waals surface area contributed by atoms with Gasteiger partial charge in [0.2, 0.25) is 23.6 Å². The molecule has 0 aromatic heterocycles. The maximum absolute atomic E-state index is 13.9. The highest BCUT2D eigenvalue weighted by Gasteiger charge is 2.42. The van der Waals surface area contributed by atoms with Gasteiger partial charge in [-0.25, -0.2) is 0 Å². The normalized spacial score (nSPS) is 28.8. The number of hydrogen-bond donors (Lipinski definition) is 2. The molecule has 0 saturated carbocycles. The summed E-state index contributed by atoms with van der Waals surface area (Å²) >= 11 is 0. The Hall–Kier alpha value is -3.44. The molecule has 2 aliphatic rings. The van der Waals surface area contributed by atoms with E-state index >= 15 is 0 Å². The van der Waals surface area contributed by atoms with Crippen molar-refractivity contribution in [2.45, 2.75) is 97.0 Å². The van der Waals surface area contributed by atoms with Gasteiger partial charge >= 0.3 is 5.97 Å². The number of fused-ring (bicyclic) bond motifs is 1. The SMILES string of the molecule is C=CC[C@H]1OC(=O)CCNC(=O)[C@@H](C)N(C)C(=O)[C@@H](C(C)C)N(C)C(=O)[C@@H]([C@@H](C)CC)NC(=O)[C@H]2CCCN2C1=O. The fraction of sp³-hybridized carbons (Fsp3) is 0.724. The van der Waals surface area contributed by atoms with Crippen LogP contribution in [0, 0.1) is 11.8 Å². The number of ether oxygens (including phenoxy) is 1. The van der Waals surface area contributed by atoms with Crippen molar-refractivity contribution in [1.82, 2.24) is 25.3 Å². The van der Waals surface area contributed by atoms with Gasteiger partial charge in [-0.15, -0.1) is 6.58 Å². The van der Waals surface area contributed by atoms with E-state index < -0.39 is 65.8 Å². The lowest BCUT2D eigenvalue weighted by atomic mass is 9.94. The molecule has 5 amide bonds. The fourth-order valence-electron chi connectivity index (χ4n) is 5.25. The minimum Gasteiger partial charge on any atom is -0.452 e. The standard InChI is InChI=1S/C29H47N5O7/c1-9-12-21-27(38)34-16-11-13-20(34)26(37)31-23(18(5)10-2)28(39)33(8)24(17(3)4)29(40)32(7)19(6)25(36)30-15-14-22(35)41-21/h9,17-21,23-24H,1,10-16H2,2-8H3,(H,30,36)(H,31,37)/t18-,19+,20+,21+,23+,24+/m0/s1. The molecule has 0 aliphatic carbocycles. The molecule has 2 rings (SSSR count). The van der Waals surface area contributed by atoms with E-state index in [1.807, 2.05) is 27.7 Å². The van der Waals surface area contributed by atoms with Crippen molar-refractivity contribution < 1.29 is 33.5 Å². The van der Waals surface area contributed by atoms with Gasteiger partial charge in [0.05, 0.1) is 6.42 Å². The highest BCUT2D eigenvalue weighted by molar-refractivity contribution is 5.96. The minimum atomic E-state index is -1.17. The summed E-state index contributed by atoms with van der Waals surface area (Å²) in [5.41, 5.74) is 0. The first-order valence-corrected chi connectivity index (χ1v) is 14.5. The lowest BCUT2D eigenvalue weighted by Gasteiger charge is -2.38. The second-order valence-corrected chi connectivity index (χ2v) is 11.4. The van der Waals surface area contributed by atoms with Gasteiger partial charge in [0, 0.05) is 33.6 Å². The van der Waals surface area contributed by atoms with Crippen LogP contribution in [0.15, 0.2) is 12.7 Å². The van der Waals surface area contributed by atoms with Crippen LogP contribution in [0.25, 0.3) is 0 Å². The molecule has 41 heavy (non-hydrogen) atoms. The lowest BCUT2D eigenvalue weighted by molar-refractivity contribution is -0.161. The number of carbonyl (C=O) groups excluding carboxylic acids is 6. The van der Waals surface area contributed by atoms with E-state index in [1.165, 1.54) is 34.9 Å². The Labute approximate surface area is 243 Å². The summed E-state index contributed by atoms with van der Waals surface area (Å²) in [7, 11) is 3.02. The van der Waals surface area contributed by atoms with Crippen molar-refractivity contribution >= 4 is 35.5 Å². The van der Waals surface area contributed by atoms with Crippen LogP contribution < -0.4 is 10.6 Å². The summed E-state index contributed by atoms with van der Waals surface area (Å²) < 4.78 is 5.45. The number of amides is 5. The monoisotopic (exact) mass is 577 g/mol. The molecule has 2 N–H and O–H groups in total. The third-order valence-electron chi connectivity index (χ3n) is 8.13. The van der Waals surface area contributed by atoms with Gasteiger partial charge in [-0.3, -0.25) is 28.8 Å². The van der Waals surface area contributed by atoms with Crippen LogP contribution >= 0.6 is 0 Å². The molecular weight excluding hydrogens is 530 g/mol. The van der Waals surface area contributed by atoms with E-state index in [1.54, 1.807) is 6.92 Å². The van der Waals surface area contributed by atoms with Crippen molar-refractivity contribution in [2.75, 3.05) is 27.2 Å². The van der Waals surface area contributed by atoms with Gasteiger partial charge in [-0.2, -0.15) is 0 Å². The van der Waals surface area contributed by atoms with Crippen LogP contribution in [0.4, 0.5) is 0 Å². The first-order chi connectivity index (χ1) is 19.3. The van der Waals surface area contributed by atoms with Gasteiger partial charge in [-0.1, -0.05) is 40.2 Å². The molecule has 0 aromatic rings. The number of esters is 1. The number of rotatable bonds is 5. The zero-order valence-corrected chi connectivity index (χ0v) is 25.5. The van der Waals surface area contributed by atoms with E-state index in [0.717, 1.165) is 0 Å². The van der Waals surface area contributed by atoms with Crippen molar-refractivity contribution in [1.29, 1.82) is 0 Å². The number of cyclic esters (lactones) is 1. The van der Waals surface area contributed by atoms with Gasteiger partial charge < -0.3 is 30.1 Å². The quantitative estimate of drug-likeness (QED) is 0.364. The molecule has 0 radical (unpaired) electrons. The molecule has 0 aromatic carbocycles. The van der Waals surface area contributed by atoms with Gasteiger partial charge in [0.25, 0.3) is 5.91 Å². The Balaban J connectivity index is 2.53. The molecule has 0 spiro atoms. The highest BCUT2D eigenvalue weighted by atomic mass is 16.5. The van der Waals surface area contributed by atoms with Crippen LogP contribution in [0.1, 0.15) is 66.7 Å². The summed E-state index contributed by atoms with van der Waals surface area (Å²) in [6.45, 7) is 12.8. The van der Waals surface area contributed by atoms with E-state index in [4.69, 9.17) is 4.74 Å². The summed E-state index contributed by atoms with van der Waals surface area (Å²) in [6.07, 6.45) is 1.70. The van der Waals surface area contributed by atoms with Crippen molar-refractivity contribution in [3.8, 4) is 0 Å². The zero-order chi connectivity index (χ0) is 31.0. The van der Waals surface area contributed by atoms with Crippen molar-refractivity contribution in [3.05, 3.63) is 12.7 Å². The van der Waals surface area contributed by atoms with Crippen molar-refractivity contribution in [2.24, 2.45) is 11.8 Å². The first-order valence-electron chi connectivity index (χ1n) is 14.5. The Bertz CT molecular complexity index is 1020. The third-order valence-corrected chi connectivity index (χ3v) is 8.13. The second kappa shape index (κ2) is 15.0. The van der Waals surface area contributed by atoms with E-state index in [9.17, 15) is 28.8 Å². The molecule has 230 valence electrons. The average Bonchev–Trinajstić information content (AvgIpc) is 3.43. The molecule has 2 aliphatic heterocycles. The lowest BCUT2D eigenvalue weighted by Crippen LogP contribution is -2.60. The Morgan fingerprint density at radius 3 is 2.24 bits per heavy atom. The van der Waals surface area contributed by atoms with E-state index in [-0.39, 0.29) is 31.2 Å². The highest BCUT2D eigenvalue weighted by Crippen LogP contribution is 2.23. The summed E-state index contributed by atoms with van der Waals surface area (Å²) in [6, 6.07) is -3.57. The van der Waals surface area contributed by atoms with E-state index in [0.29, 0.717) is 25.8 Å². The minimum absolute atomic E-state index is 0.0566. The maximum Gasteiger partial charge on any atom is 0.308 e. The summed E-state index contributed by atoms with van der Waals surface area (Å²) in [4.78, 5) is 84.0. The third kappa shape index (κ3) is 8.07. The van der Waals surface area contributed by atoms with Crippen LogP contribution in [0.3, 0.4) is 0 Å². The molecule has 0 unspecified atom stereocenters.